The average Bonchev–Trinajstić information content (AvgIpc) is 2.41. The van der Waals surface area contributed by atoms with E-state index in [1.165, 1.54) is 64.2 Å². The van der Waals surface area contributed by atoms with Crippen LogP contribution in [0.3, 0.4) is 0 Å². The van der Waals surface area contributed by atoms with E-state index in [1.807, 2.05) is 0 Å². The molecule has 0 radical (unpaired) electrons. The molecule has 0 unspecified atom stereocenters. The first kappa shape index (κ1) is 16.1. The molecule has 2 fully saturated rings. The molecule has 2 aliphatic rings. The SMILES string of the molecule is CC1CCC(C(C)C)CC1.CCC1CCCCC1. The van der Waals surface area contributed by atoms with E-state index in [4.69, 9.17) is 0 Å². The second-order valence-electron chi connectivity index (χ2n) is 7.18. The van der Waals surface area contributed by atoms with Crippen LogP contribution in [0.4, 0.5) is 0 Å². The van der Waals surface area contributed by atoms with Gasteiger partial charge in [-0.2, -0.15) is 0 Å². The third kappa shape index (κ3) is 6.25. The van der Waals surface area contributed by atoms with Crippen molar-refractivity contribution in [3.05, 3.63) is 0 Å². The zero-order valence-corrected chi connectivity index (χ0v) is 13.4. The summed E-state index contributed by atoms with van der Waals surface area (Å²) in [4.78, 5) is 0. The Morgan fingerprint density at radius 3 is 1.78 bits per heavy atom. The average molecular weight is 252 g/mol. The van der Waals surface area contributed by atoms with Crippen molar-refractivity contribution in [2.45, 2.75) is 91.9 Å². The van der Waals surface area contributed by atoms with Crippen molar-refractivity contribution in [2.75, 3.05) is 0 Å². The van der Waals surface area contributed by atoms with Crippen LogP contribution in [-0.4, -0.2) is 0 Å². The van der Waals surface area contributed by atoms with E-state index in [0.717, 1.165) is 23.7 Å². The van der Waals surface area contributed by atoms with Gasteiger partial charge in [-0.3, -0.25) is 0 Å². The molecule has 0 aromatic carbocycles. The quantitative estimate of drug-likeness (QED) is 0.530. The summed E-state index contributed by atoms with van der Waals surface area (Å²) >= 11 is 0. The summed E-state index contributed by atoms with van der Waals surface area (Å²) in [5.74, 6) is 4.06. The molecule has 0 saturated heterocycles. The summed E-state index contributed by atoms with van der Waals surface area (Å²) in [6.07, 6.45) is 14.9. The summed E-state index contributed by atoms with van der Waals surface area (Å²) in [7, 11) is 0. The fourth-order valence-corrected chi connectivity index (χ4v) is 3.55. The molecule has 108 valence electrons. The highest BCUT2D eigenvalue weighted by molar-refractivity contribution is 4.71. The molecule has 0 aliphatic heterocycles. The number of hydrogen-bond donors (Lipinski definition) is 0. The molecule has 0 N–H and O–H groups in total. The third-order valence-electron chi connectivity index (χ3n) is 5.31. The number of hydrogen-bond acceptors (Lipinski definition) is 0. The highest BCUT2D eigenvalue weighted by atomic mass is 14.3. The molecular weight excluding hydrogens is 216 g/mol. The van der Waals surface area contributed by atoms with Crippen molar-refractivity contribution in [2.24, 2.45) is 23.7 Å². The Kier molecular flexibility index (Phi) is 8.02. The minimum Gasteiger partial charge on any atom is -0.0651 e. The molecule has 0 heteroatoms. The standard InChI is InChI=1S/C10H20.C8H16/c1-8(2)10-6-4-9(3)5-7-10;1-2-8-6-4-3-5-7-8/h8-10H,4-7H2,1-3H3;8H,2-7H2,1H3. The van der Waals surface area contributed by atoms with Crippen molar-refractivity contribution in [3.8, 4) is 0 Å². The lowest BCUT2D eigenvalue weighted by molar-refractivity contribution is 0.234. The summed E-state index contributed by atoms with van der Waals surface area (Å²) in [6, 6.07) is 0. The highest BCUT2D eigenvalue weighted by Crippen LogP contribution is 2.32. The fourth-order valence-electron chi connectivity index (χ4n) is 3.55. The topological polar surface area (TPSA) is 0 Å². The Morgan fingerprint density at radius 1 is 0.833 bits per heavy atom. The molecule has 2 rings (SSSR count). The van der Waals surface area contributed by atoms with Crippen LogP contribution in [-0.2, 0) is 0 Å². The first-order chi connectivity index (χ1) is 8.63. The minimum atomic E-state index is 0.924. The van der Waals surface area contributed by atoms with Crippen molar-refractivity contribution in [1.29, 1.82) is 0 Å². The second kappa shape index (κ2) is 8.99. The van der Waals surface area contributed by atoms with E-state index in [-0.39, 0.29) is 0 Å². The molecule has 2 saturated carbocycles. The van der Waals surface area contributed by atoms with Gasteiger partial charge in [0.2, 0.25) is 0 Å². The summed E-state index contributed by atoms with van der Waals surface area (Å²) < 4.78 is 0. The molecule has 0 aromatic rings. The van der Waals surface area contributed by atoms with E-state index in [1.54, 1.807) is 0 Å². The van der Waals surface area contributed by atoms with Gasteiger partial charge in [0.15, 0.2) is 0 Å². The molecule has 18 heavy (non-hydrogen) atoms. The maximum absolute atomic E-state index is 2.39. The first-order valence-electron chi connectivity index (χ1n) is 8.63. The normalized spacial score (nSPS) is 29.8. The van der Waals surface area contributed by atoms with Crippen molar-refractivity contribution >= 4 is 0 Å². The van der Waals surface area contributed by atoms with Gasteiger partial charge in [0.25, 0.3) is 0 Å². The Morgan fingerprint density at radius 2 is 1.39 bits per heavy atom. The lowest BCUT2D eigenvalue weighted by atomic mass is 9.78. The molecule has 0 atom stereocenters. The van der Waals surface area contributed by atoms with Gasteiger partial charge in [-0.05, 0) is 36.5 Å². The lowest BCUT2D eigenvalue weighted by Crippen LogP contribution is -2.16. The van der Waals surface area contributed by atoms with Gasteiger partial charge >= 0.3 is 0 Å². The smallest absolute Gasteiger partial charge is 0.0391 e. The van der Waals surface area contributed by atoms with Crippen molar-refractivity contribution in [1.82, 2.24) is 0 Å². The third-order valence-corrected chi connectivity index (χ3v) is 5.31. The van der Waals surface area contributed by atoms with Crippen LogP contribution in [0.2, 0.25) is 0 Å². The van der Waals surface area contributed by atoms with Crippen LogP contribution in [0.15, 0.2) is 0 Å². The monoisotopic (exact) mass is 252 g/mol. The van der Waals surface area contributed by atoms with Gasteiger partial charge in [0, 0.05) is 0 Å². The van der Waals surface area contributed by atoms with E-state index in [0.29, 0.717) is 0 Å². The van der Waals surface area contributed by atoms with E-state index in [2.05, 4.69) is 27.7 Å². The van der Waals surface area contributed by atoms with Crippen LogP contribution in [0.1, 0.15) is 91.9 Å². The highest BCUT2D eigenvalue weighted by Gasteiger charge is 2.20. The van der Waals surface area contributed by atoms with Crippen molar-refractivity contribution in [3.63, 3.8) is 0 Å². The van der Waals surface area contributed by atoms with Gasteiger partial charge in [-0.25, -0.2) is 0 Å². The Labute approximate surface area is 116 Å². The molecular formula is C18H36. The Bertz CT molecular complexity index is 180. The summed E-state index contributed by atoms with van der Waals surface area (Å²) in [5.41, 5.74) is 0. The zero-order chi connectivity index (χ0) is 13.4. The zero-order valence-electron chi connectivity index (χ0n) is 13.4. The predicted octanol–water partition coefficient (Wildman–Crippen LogP) is 6.45. The lowest BCUT2D eigenvalue weighted by Gasteiger charge is -2.28. The van der Waals surface area contributed by atoms with Gasteiger partial charge in [0.05, 0.1) is 0 Å². The van der Waals surface area contributed by atoms with Gasteiger partial charge in [0.1, 0.15) is 0 Å². The van der Waals surface area contributed by atoms with Gasteiger partial charge in [-0.15, -0.1) is 0 Å². The van der Waals surface area contributed by atoms with Crippen LogP contribution < -0.4 is 0 Å². The first-order valence-corrected chi connectivity index (χ1v) is 8.63. The summed E-state index contributed by atoms with van der Waals surface area (Å²) in [5, 5.41) is 0. The van der Waals surface area contributed by atoms with E-state index < -0.39 is 0 Å². The molecule has 0 spiro atoms. The molecule has 2 aliphatic carbocycles. The molecule has 0 bridgehead atoms. The fraction of sp³-hybridized carbons (Fsp3) is 1.00. The van der Waals surface area contributed by atoms with E-state index in [9.17, 15) is 0 Å². The van der Waals surface area contributed by atoms with Crippen molar-refractivity contribution < 1.29 is 0 Å². The second-order valence-corrected chi connectivity index (χ2v) is 7.18. The molecule has 0 nitrogen and oxygen atoms in total. The summed E-state index contributed by atoms with van der Waals surface area (Å²) in [6.45, 7) is 9.42. The van der Waals surface area contributed by atoms with Gasteiger partial charge in [-0.1, -0.05) is 79.1 Å². The molecule has 0 aromatic heterocycles. The van der Waals surface area contributed by atoms with E-state index >= 15 is 0 Å². The van der Waals surface area contributed by atoms with Crippen LogP contribution >= 0.6 is 0 Å². The van der Waals surface area contributed by atoms with Crippen LogP contribution in [0, 0.1) is 23.7 Å². The van der Waals surface area contributed by atoms with Gasteiger partial charge < -0.3 is 0 Å². The van der Waals surface area contributed by atoms with Crippen LogP contribution in [0.25, 0.3) is 0 Å². The Hall–Kier alpha value is 0. The molecule has 0 amide bonds. The largest absolute Gasteiger partial charge is 0.0651 e. The number of rotatable bonds is 2. The minimum absolute atomic E-state index is 0.924. The van der Waals surface area contributed by atoms with Crippen LogP contribution in [0.5, 0.6) is 0 Å². The molecule has 0 heterocycles. The maximum atomic E-state index is 2.39. The predicted molar refractivity (Wildman–Crippen MR) is 82.8 cm³/mol. The Balaban J connectivity index is 0.000000184. The maximum Gasteiger partial charge on any atom is -0.0391 e.